The summed E-state index contributed by atoms with van der Waals surface area (Å²) in [5.74, 6) is 0.466. The molecule has 0 fully saturated rings. The van der Waals surface area contributed by atoms with E-state index in [4.69, 9.17) is 9.94 Å². The Hall–Kier alpha value is -1.58. The lowest BCUT2D eigenvalue weighted by atomic mass is 10.2. The van der Waals surface area contributed by atoms with E-state index in [2.05, 4.69) is 10.1 Å². The zero-order valence-corrected chi connectivity index (χ0v) is 6.98. The molecule has 4 nitrogen and oxygen atoms in total. The van der Waals surface area contributed by atoms with Gasteiger partial charge in [-0.05, 0) is 19.1 Å². The topological polar surface area (TPSA) is 54.7 Å². The van der Waals surface area contributed by atoms with Crippen molar-refractivity contribution in [1.82, 2.24) is 4.98 Å². The van der Waals surface area contributed by atoms with Gasteiger partial charge in [-0.25, -0.2) is 4.98 Å². The molecule has 0 spiro atoms. The maximum Gasteiger partial charge on any atom is 0.222 e. The van der Waals surface area contributed by atoms with E-state index in [1.165, 1.54) is 7.11 Å². The van der Waals surface area contributed by atoms with Crippen molar-refractivity contribution in [3.8, 4) is 5.88 Å². The van der Waals surface area contributed by atoms with Gasteiger partial charge in [0, 0.05) is 6.20 Å². The molecule has 0 aliphatic rings. The lowest BCUT2D eigenvalue weighted by Gasteiger charge is -2.03. The van der Waals surface area contributed by atoms with Crippen LogP contribution in [0.3, 0.4) is 0 Å². The van der Waals surface area contributed by atoms with E-state index in [1.54, 1.807) is 25.3 Å². The molecule has 0 amide bonds. The summed E-state index contributed by atoms with van der Waals surface area (Å²) in [6, 6.07) is 3.54. The highest BCUT2D eigenvalue weighted by atomic mass is 16.5. The van der Waals surface area contributed by atoms with Crippen LogP contribution in [0.4, 0.5) is 0 Å². The smallest absolute Gasteiger partial charge is 0.222 e. The fourth-order valence-electron chi connectivity index (χ4n) is 0.883. The highest BCUT2D eigenvalue weighted by molar-refractivity contribution is 6.00. The van der Waals surface area contributed by atoms with Crippen molar-refractivity contribution in [2.24, 2.45) is 5.16 Å². The van der Waals surface area contributed by atoms with Gasteiger partial charge in [-0.1, -0.05) is 5.16 Å². The molecule has 0 atom stereocenters. The van der Waals surface area contributed by atoms with Crippen molar-refractivity contribution in [2.45, 2.75) is 6.92 Å². The van der Waals surface area contributed by atoms with Crippen molar-refractivity contribution < 1.29 is 9.94 Å². The Morgan fingerprint density at radius 2 is 2.42 bits per heavy atom. The summed E-state index contributed by atoms with van der Waals surface area (Å²) in [5, 5.41) is 11.6. The van der Waals surface area contributed by atoms with Crippen molar-refractivity contribution in [1.29, 1.82) is 0 Å². The second-order valence-electron chi connectivity index (χ2n) is 2.25. The first kappa shape index (κ1) is 8.52. The summed E-state index contributed by atoms with van der Waals surface area (Å²) in [6.45, 7) is 1.68. The first-order chi connectivity index (χ1) is 5.79. The number of nitrogens with zero attached hydrogens (tertiary/aromatic N) is 2. The fourth-order valence-corrected chi connectivity index (χ4v) is 0.883. The van der Waals surface area contributed by atoms with Gasteiger partial charge < -0.3 is 9.94 Å². The van der Waals surface area contributed by atoms with Gasteiger partial charge in [-0.2, -0.15) is 0 Å². The SMILES string of the molecule is COc1ncccc1/C(C)=N/O. The molecule has 0 saturated heterocycles. The van der Waals surface area contributed by atoms with Gasteiger partial charge >= 0.3 is 0 Å². The predicted octanol–water partition coefficient (Wildman–Crippen LogP) is 1.29. The van der Waals surface area contributed by atoms with Gasteiger partial charge in [-0.15, -0.1) is 0 Å². The third-order valence-electron chi connectivity index (χ3n) is 1.50. The minimum Gasteiger partial charge on any atom is -0.481 e. The van der Waals surface area contributed by atoms with E-state index in [1.807, 2.05) is 0 Å². The fraction of sp³-hybridized carbons (Fsp3) is 0.250. The second-order valence-corrected chi connectivity index (χ2v) is 2.25. The number of oxime groups is 1. The quantitative estimate of drug-likeness (QED) is 0.409. The molecule has 1 aromatic rings. The maximum atomic E-state index is 8.51. The monoisotopic (exact) mass is 166 g/mol. The van der Waals surface area contributed by atoms with E-state index in [-0.39, 0.29) is 0 Å². The summed E-state index contributed by atoms with van der Waals surface area (Å²) in [5.41, 5.74) is 1.18. The van der Waals surface area contributed by atoms with Crippen LogP contribution in [-0.4, -0.2) is 23.0 Å². The number of aromatic nitrogens is 1. The molecule has 0 aliphatic heterocycles. The maximum absolute atomic E-state index is 8.51. The van der Waals surface area contributed by atoms with Crippen molar-refractivity contribution in [2.75, 3.05) is 7.11 Å². The van der Waals surface area contributed by atoms with Crippen LogP contribution in [-0.2, 0) is 0 Å². The Balaban J connectivity index is 3.13. The number of ether oxygens (including phenoxy) is 1. The van der Waals surface area contributed by atoms with Gasteiger partial charge in [0.1, 0.15) is 0 Å². The average Bonchev–Trinajstić information content (AvgIpc) is 2.16. The molecule has 1 rings (SSSR count). The van der Waals surface area contributed by atoms with Crippen LogP contribution in [0.15, 0.2) is 23.5 Å². The zero-order valence-electron chi connectivity index (χ0n) is 6.98. The number of rotatable bonds is 2. The highest BCUT2D eigenvalue weighted by Crippen LogP contribution is 2.13. The summed E-state index contributed by atoms with van der Waals surface area (Å²) >= 11 is 0. The minimum atomic E-state index is 0.466. The van der Waals surface area contributed by atoms with Crippen LogP contribution >= 0.6 is 0 Å². The Morgan fingerprint density at radius 1 is 1.67 bits per heavy atom. The Labute approximate surface area is 70.5 Å². The Kier molecular flexibility index (Phi) is 2.63. The van der Waals surface area contributed by atoms with Gasteiger partial charge in [-0.3, -0.25) is 0 Å². The molecule has 4 heteroatoms. The predicted molar refractivity (Wildman–Crippen MR) is 44.8 cm³/mol. The molecule has 1 N–H and O–H groups in total. The van der Waals surface area contributed by atoms with Crippen LogP contribution < -0.4 is 4.74 Å². The lowest BCUT2D eigenvalue weighted by molar-refractivity contribution is 0.318. The number of hydrogen-bond acceptors (Lipinski definition) is 4. The molecule has 0 aliphatic carbocycles. The first-order valence-electron chi connectivity index (χ1n) is 3.47. The normalized spacial score (nSPS) is 11.3. The largest absolute Gasteiger partial charge is 0.481 e. The minimum absolute atomic E-state index is 0.466. The highest BCUT2D eigenvalue weighted by Gasteiger charge is 2.05. The summed E-state index contributed by atoms with van der Waals surface area (Å²) in [4.78, 5) is 3.95. The van der Waals surface area contributed by atoms with Crippen molar-refractivity contribution in [3.05, 3.63) is 23.9 Å². The number of pyridine rings is 1. The third-order valence-corrected chi connectivity index (χ3v) is 1.50. The first-order valence-corrected chi connectivity index (χ1v) is 3.47. The van der Waals surface area contributed by atoms with Crippen LogP contribution in [0, 0.1) is 0 Å². The van der Waals surface area contributed by atoms with Gasteiger partial charge in [0.15, 0.2) is 0 Å². The Morgan fingerprint density at radius 3 is 3.00 bits per heavy atom. The van der Waals surface area contributed by atoms with E-state index < -0.39 is 0 Å². The standard InChI is InChI=1S/C8H10N2O2/c1-6(10-11)7-4-3-5-9-8(7)12-2/h3-5,11H,1-2H3/b10-6+. The lowest BCUT2D eigenvalue weighted by Crippen LogP contribution is -2.00. The molecule has 1 heterocycles. The number of methoxy groups -OCH3 is 1. The second kappa shape index (κ2) is 3.71. The van der Waals surface area contributed by atoms with E-state index in [0.717, 1.165) is 0 Å². The third kappa shape index (κ3) is 1.53. The summed E-state index contributed by atoms with van der Waals surface area (Å²) in [7, 11) is 1.52. The molecule has 1 aromatic heterocycles. The van der Waals surface area contributed by atoms with Crippen LogP contribution in [0.5, 0.6) is 5.88 Å². The van der Waals surface area contributed by atoms with Crippen LogP contribution in [0.2, 0.25) is 0 Å². The van der Waals surface area contributed by atoms with E-state index >= 15 is 0 Å². The number of hydrogen-bond donors (Lipinski definition) is 1. The van der Waals surface area contributed by atoms with Crippen LogP contribution in [0.25, 0.3) is 0 Å². The molecule has 64 valence electrons. The van der Waals surface area contributed by atoms with Gasteiger partial charge in [0.05, 0.1) is 18.4 Å². The average molecular weight is 166 g/mol. The molecule has 0 aromatic carbocycles. The van der Waals surface area contributed by atoms with Crippen molar-refractivity contribution in [3.63, 3.8) is 0 Å². The summed E-state index contributed by atoms with van der Waals surface area (Å²) in [6.07, 6.45) is 1.62. The van der Waals surface area contributed by atoms with Crippen molar-refractivity contribution >= 4 is 5.71 Å². The molecule has 0 radical (unpaired) electrons. The summed E-state index contributed by atoms with van der Waals surface area (Å²) < 4.78 is 4.97. The van der Waals surface area contributed by atoms with E-state index in [9.17, 15) is 0 Å². The molecule has 0 unspecified atom stereocenters. The molecular weight excluding hydrogens is 156 g/mol. The molecule has 0 saturated carbocycles. The molecule has 0 bridgehead atoms. The zero-order chi connectivity index (χ0) is 8.97. The van der Waals surface area contributed by atoms with Crippen LogP contribution in [0.1, 0.15) is 12.5 Å². The molecular formula is C8H10N2O2. The molecule has 12 heavy (non-hydrogen) atoms. The Bertz CT molecular complexity index is 297. The van der Waals surface area contributed by atoms with E-state index in [0.29, 0.717) is 17.2 Å². The van der Waals surface area contributed by atoms with Gasteiger partial charge in [0.2, 0.25) is 5.88 Å². The van der Waals surface area contributed by atoms with Gasteiger partial charge in [0.25, 0.3) is 0 Å².